The van der Waals surface area contributed by atoms with Gasteiger partial charge in [0.05, 0.1) is 4.87 Å². The van der Waals surface area contributed by atoms with E-state index in [1.54, 1.807) is 11.8 Å². The maximum absolute atomic E-state index is 5.88. The second-order valence-electron chi connectivity index (χ2n) is 3.52. The molecule has 2 heteroatoms. The van der Waals surface area contributed by atoms with Gasteiger partial charge in [-0.2, -0.15) is 0 Å². The fraction of sp³-hybridized carbons (Fsp3) is 0.400. The summed E-state index contributed by atoms with van der Waals surface area (Å²) in [6.45, 7) is 6.12. The molecule has 0 saturated carbocycles. The topological polar surface area (TPSA) is 26.0 Å². The van der Waals surface area contributed by atoms with E-state index in [0.29, 0.717) is 0 Å². The van der Waals surface area contributed by atoms with Crippen LogP contribution in [0.15, 0.2) is 29.2 Å². The molecular weight excluding hydrogens is 166 g/mol. The Labute approximate surface area is 78.4 Å². The van der Waals surface area contributed by atoms with Crippen LogP contribution in [0.4, 0.5) is 0 Å². The molecule has 0 aliphatic carbocycles. The zero-order chi connectivity index (χ0) is 9.19. The molecule has 1 aromatic rings. The Morgan fingerprint density at radius 1 is 1.33 bits per heavy atom. The summed E-state index contributed by atoms with van der Waals surface area (Å²) in [6, 6.07) is 8.39. The first-order chi connectivity index (χ1) is 5.47. The summed E-state index contributed by atoms with van der Waals surface area (Å²) in [4.78, 5) is 1.05. The van der Waals surface area contributed by atoms with Crippen molar-refractivity contribution in [2.75, 3.05) is 0 Å². The highest BCUT2D eigenvalue weighted by molar-refractivity contribution is 8.00. The number of thioether (sulfide) groups is 1. The molecule has 66 valence electrons. The molecule has 0 radical (unpaired) electrons. The summed E-state index contributed by atoms with van der Waals surface area (Å²) >= 11 is 1.69. The van der Waals surface area contributed by atoms with Crippen LogP contribution in [0, 0.1) is 6.92 Å². The van der Waals surface area contributed by atoms with Crippen molar-refractivity contribution >= 4 is 11.8 Å². The second kappa shape index (κ2) is 3.50. The number of nitrogens with two attached hydrogens (primary N) is 1. The predicted octanol–water partition coefficient (Wildman–Crippen LogP) is 2.78. The lowest BCUT2D eigenvalue weighted by Gasteiger charge is -2.17. The van der Waals surface area contributed by atoms with Crippen molar-refractivity contribution in [1.82, 2.24) is 0 Å². The fourth-order valence-corrected chi connectivity index (χ4v) is 1.98. The summed E-state index contributed by atoms with van der Waals surface area (Å²) in [7, 11) is 0. The highest BCUT2D eigenvalue weighted by Gasteiger charge is 2.11. The van der Waals surface area contributed by atoms with E-state index in [-0.39, 0.29) is 4.87 Å². The number of hydrogen-bond donors (Lipinski definition) is 1. The lowest BCUT2D eigenvalue weighted by Crippen LogP contribution is -2.26. The maximum atomic E-state index is 5.88. The molecule has 0 aliphatic heterocycles. The van der Waals surface area contributed by atoms with Gasteiger partial charge in [-0.05, 0) is 32.9 Å². The Morgan fingerprint density at radius 3 is 2.50 bits per heavy atom. The third kappa shape index (κ3) is 3.28. The van der Waals surface area contributed by atoms with Crippen LogP contribution in [-0.4, -0.2) is 4.87 Å². The van der Waals surface area contributed by atoms with E-state index in [4.69, 9.17) is 5.73 Å². The van der Waals surface area contributed by atoms with Gasteiger partial charge < -0.3 is 5.73 Å². The highest BCUT2D eigenvalue weighted by Crippen LogP contribution is 2.28. The molecule has 0 fully saturated rings. The number of benzene rings is 1. The first-order valence-electron chi connectivity index (χ1n) is 4.02. The van der Waals surface area contributed by atoms with Crippen LogP contribution in [0.2, 0.25) is 0 Å². The Hall–Kier alpha value is -0.470. The van der Waals surface area contributed by atoms with Crippen molar-refractivity contribution in [3.63, 3.8) is 0 Å². The number of aryl methyl sites for hydroxylation is 1. The van der Waals surface area contributed by atoms with Gasteiger partial charge in [-0.3, -0.25) is 0 Å². The van der Waals surface area contributed by atoms with Crippen LogP contribution in [0.5, 0.6) is 0 Å². The molecule has 0 aromatic heterocycles. The van der Waals surface area contributed by atoms with Gasteiger partial charge in [0.2, 0.25) is 0 Å². The lowest BCUT2D eigenvalue weighted by molar-refractivity contribution is 0.758. The number of rotatable bonds is 2. The summed E-state index contributed by atoms with van der Waals surface area (Å²) in [6.07, 6.45) is 0. The highest BCUT2D eigenvalue weighted by atomic mass is 32.2. The monoisotopic (exact) mass is 181 g/mol. The van der Waals surface area contributed by atoms with Crippen LogP contribution in [0.25, 0.3) is 0 Å². The van der Waals surface area contributed by atoms with Crippen molar-refractivity contribution in [3.05, 3.63) is 29.8 Å². The molecule has 1 nitrogen and oxygen atoms in total. The summed E-state index contributed by atoms with van der Waals surface area (Å²) in [5.74, 6) is 0. The van der Waals surface area contributed by atoms with Crippen molar-refractivity contribution in [2.45, 2.75) is 30.5 Å². The van der Waals surface area contributed by atoms with E-state index in [1.807, 2.05) is 13.8 Å². The van der Waals surface area contributed by atoms with Crippen molar-refractivity contribution < 1.29 is 0 Å². The molecule has 1 rings (SSSR count). The van der Waals surface area contributed by atoms with Crippen LogP contribution in [-0.2, 0) is 0 Å². The first kappa shape index (κ1) is 9.62. The Balaban J connectivity index is 2.77. The third-order valence-corrected chi connectivity index (χ3v) is 2.39. The van der Waals surface area contributed by atoms with Gasteiger partial charge in [-0.1, -0.05) is 17.7 Å². The SMILES string of the molecule is Cc1cccc(SC(C)(C)N)c1. The predicted molar refractivity (Wildman–Crippen MR) is 55.3 cm³/mol. The largest absolute Gasteiger partial charge is 0.317 e. The normalized spacial score (nSPS) is 11.7. The van der Waals surface area contributed by atoms with E-state index in [2.05, 4.69) is 31.2 Å². The molecule has 12 heavy (non-hydrogen) atoms. The van der Waals surface area contributed by atoms with Gasteiger partial charge >= 0.3 is 0 Å². The molecule has 0 aliphatic rings. The van der Waals surface area contributed by atoms with E-state index in [1.165, 1.54) is 10.5 Å². The molecule has 0 atom stereocenters. The van der Waals surface area contributed by atoms with Gasteiger partial charge in [-0.15, -0.1) is 11.8 Å². The molecule has 2 N–H and O–H groups in total. The summed E-state index contributed by atoms with van der Waals surface area (Å²) < 4.78 is 0. The lowest BCUT2D eigenvalue weighted by atomic mass is 10.2. The van der Waals surface area contributed by atoms with E-state index >= 15 is 0 Å². The van der Waals surface area contributed by atoms with Gasteiger partial charge in [-0.25, -0.2) is 0 Å². The van der Waals surface area contributed by atoms with E-state index < -0.39 is 0 Å². The standard InChI is InChI=1S/C10H15NS/c1-8-5-4-6-9(7-8)12-10(2,3)11/h4-7H,11H2,1-3H3. The number of hydrogen-bond acceptors (Lipinski definition) is 2. The molecule has 0 spiro atoms. The minimum absolute atomic E-state index is 0.187. The zero-order valence-corrected chi connectivity index (χ0v) is 8.61. The molecular formula is C10H15NS. The Kier molecular flexibility index (Phi) is 2.80. The molecule has 1 aromatic carbocycles. The van der Waals surface area contributed by atoms with E-state index in [0.717, 1.165) is 0 Å². The van der Waals surface area contributed by atoms with Crippen LogP contribution >= 0.6 is 11.8 Å². The van der Waals surface area contributed by atoms with Gasteiger partial charge in [0.25, 0.3) is 0 Å². The summed E-state index contributed by atoms with van der Waals surface area (Å²) in [5, 5.41) is 0. The van der Waals surface area contributed by atoms with Crippen molar-refractivity contribution in [2.24, 2.45) is 5.73 Å². The second-order valence-corrected chi connectivity index (χ2v) is 5.25. The average molecular weight is 181 g/mol. The van der Waals surface area contributed by atoms with Crippen molar-refractivity contribution in [3.8, 4) is 0 Å². The maximum Gasteiger partial charge on any atom is 0.0609 e. The first-order valence-corrected chi connectivity index (χ1v) is 4.83. The third-order valence-electron chi connectivity index (χ3n) is 1.37. The molecule has 0 bridgehead atoms. The summed E-state index contributed by atoms with van der Waals surface area (Å²) in [5.41, 5.74) is 7.16. The van der Waals surface area contributed by atoms with Gasteiger partial charge in [0.15, 0.2) is 0 Å². The van der Waals surface area contributed by atoms with Crippen LogP contribution in [0.3, 0.4) is 0 Å². The smallest absolute Gasteiger partial charge is 0.0609 e. The molecule has 0 saturated heterocycles. The quantitative estimate of drug-likeness (QED) is 0.561. The zero-order valence-electron chi connectivity index (χ0n) is 7.79. The minimum Gasteiger partial charge on any atom is -0.317 e. The molecule has 0 unspecified atom stereocenters. The van der Waals surface area contributed by atoms with Crippen LogP contribution in [0.1, 0.15) is 19.4 Å². The minimum atomic E-state index is -0.187. The molecule has 0 amide bonds. The van der Waals surface area contributed by atoms with Gasteiger partial charge in [0, 0.05) is 4.90 Å². The Bertz CT molecular complexity index is 263. The van der Waals surface area contributed by atoms with E-state index in [9.17, 15) is 0 Å². The van der Waals surface area contributed by atoms with Crippen LogP contribution < -0.4 is 5.73 Å². The van der Waals surface area contributed by atoms with Gasteiger partial charge in [0.1, 0.15) is 0 Å². The molecule has 0 heterocycles. The van der Waals surface area contributed by atoms with Crippen molar-refractivity contribution in [1.29, 1.82) is 0 Å². The average Bonchev–Trinajstić information content (AvgIpc) is 1.82. The fourth-order valence-electron chi connectivity index (χ4n) is 0.983. The Morgan fingerprint density at radius 2 is 2.00 bits per heavy atom.